The van der Waals surface area contributed by atoms with Crippen molar-refractivity contribution in [1.82, 2.24) is 0 Å². The van der Waals surface area contributed by atoms with Crippen LogP contribution in [0.1, 0.15) is 32.1 Å². The minimum Gasteiger partial charge on any atom is -0.388 e. The van der Waals surface area contributed by atoms with E-state index in [1.54, 1.807) is 12.1 Å². The SMILES string of the molecule is OC1(CNc2ccc(F)c(Br)c2)CCCCC1. The van der Waals surface area contributed by atoms with E-state index in [1.165, 1.54) is 12.5 Å². The zero-order valence-electron chi connectivity index (χ0n) is 9.68. The van der Waals surface area contributed by atoms with E-state index in [0.717, 1.165) is 31.4 Å². The first-order valence-corrected chi connectivity index (χ1v) is 6.80. The van der Waals surface area contributed by atoms with Gasteiger partial charge in [-0.1, -0.05) is 19.3 Å². The summed E-state index contributed by atoms with van der Waals surface area (Å²) >= 11 is 3.15. The normalized spacial score (nSPS) is 19.0. The lowest BCUT2D eigenvalue weighted by Gasteiger charge is -2.32. The highest BCUT2D eigenvalue weighted by atomic mass is 79.9. The number of hydrogen-bond acceptors (Lipinski definition) is 2. The van der Waals surface area contributed by atoms with Crippen molar-refractivity contribution in [2.24, 2.45) is 0 Å². The lowest BCUT2D eigenvalue weighted by molar-refractivity contribution is 0.0167. The van der Waals surface area contributed by atoms with Crippen LogP contribution >= 0.6 is 15.9 Å². The fourth-order valence-corrected chi connectivity index (χ4v) is 2.64. The van der Waals surface area contributed by atoms with Gasteiger partial charge in [0.05, 0.1) is 10.1 Å². The summed E-state index contributed by atoms with van der Waals surface area (Å²) < 4.78 is 13.5. The van der Waals surface area contributed by atoms with Crippen molar-refractivity contribution in [3.05, 3.63) is 28.5 Å². The first-order valence-electron chi connectivity index (χ1n) is 6.00. The highest BCUT2D eigenvalue weighted by Gasteiger charge is 2.28. The average molecular weight is 302 g/mol. The second-order valence-corrected chi connectivity index (χ2v) is 5.62. The zero-order chi connectivity index (χ0) is 12.3. The molecule has 0 amide bonds. The van der Waals surface area contributed by atoms with Gasteiger partial charge in [0.15, 0.2) is 0 Å². The van der Waals surface area contributed by atoms with E-state index in [0.29, 0.717) is 11.0 Å². The molecule has 0 unspecified atom stereocenters. The number of benzene rings is 1. The van der Waals surface area contributed by atoms with E-state index in [-0.39, 0.29) is 5.82 Å². The molecule has 1 aliphatic rings. The van der Waals surface area contributed by atoms with Gasteiger partial charge in [-0.05, 0) is 47.0 Å². The van der Waals surface area contributed by atoms with Gasteiger partial charge in [-0.3, -0.25) is 0 Å². The molecule has 2 nitrogen and oxygen atoms in total. The van der Waals surface area contributed by atoms with Gasteiger partial charge >= 0.3 is 0 Å². The molecule has 94 valence electrons. The Bertz CT molecular complexity index is 391. The molecule has 2 rings (SSSR count). The largest absolute Gasteiger partial charge is 0.388 e. The monoisotopic (exact) mass is 301 g/mol. The lowest BCUT2D eigenvalue weighted by Crippen LogP contribution is -2.38. The molecular formula is C13H17BrFNO. The molecule has 2 N–H and O–H groups in total. The molecule has 1 aromatic rings. The second kappa shape index (κ2) is 5.36. The second-order valence-electron chi connectivity index (χ2n) is 4.77. The molecule has 17 heavy (non-hydrogen) atoms. The Morgan fingerprint density at radius 3 is 2.65 bits per heavy atom. The smallest absolute Gasteiger partial charge is 0.137 e. The maximum Gasteiger partial charge on any atom is 0.137 e. The first kappa shape index (κ1) is 12.8. The van der Waals surface area contributed by atoms with Crippen LogP contribution in [0.3, 0.4) is 0 Å². The van der Waals surface area contributed by atoms with Crippen LogP contribution in [0.25, 0.3) is 0 Å². The third-order valence-corrected chi connectivity index (χ3v) is 3.93. The van der Waals surface area contributed by atoms with Gasteiger partial charge in [0, 0.05) is 12.2 Å². The molecule has 0 spiro atoms. The lowest BCUT2D eigenvalue weighted by atomic mass is 9.85. The molecule has 0 bridgehead atoms. The van der Waals surface area contributed by atoms with Crippen LogP contribution < -0.4 is 5.32 Å². The van der Waals surface area contributed by atoms with Crippen molar-refractivity contribution in [2.45, 2.75) is 37.7 Å². The fourth-order valence-electron chi connectivity index (χ4n) is 2.26. The minimum atomic E-state index is -0.598. The van der Waals surface area contributed by atoms with Gasteiger partial charge in [-0.25, -0.2) is 4.39 Å². The number of halogens is 2. The molecule has 0 saturated heterocycles. The molecule has 0 aromatic heterocycles. The standard InChI is InChI=1S/C13H17BrFNO/c14-11-8-10(4-5-12(11)15)16-9-13(17)6-2-1-3-7-13/h4-5,8,16-17H,1-3,6-7,9H2. The van der Waals surface area contributed by atoms with Gasteiger partial charge < -0.3 is 10.4 Å². The summed E-state index contributed by atoms with van der Waals surface area (Å²) in [5.74, 6) is -0.271. The van der Waals surface area contributed by atoms with Crippen LogP contribution in [-0.4, -0.2) is 17.3 Å². The molecule has 1 saturated carbocycles. The summed E-state index contributed by atoms with van der Waals surface area (Å²) in [4.78, 5) is 0. The van der Waals surface area contributed by atoms with Crippen LogP contribution in [0.5, 0.6) is 0 Å². The van der Waals surface area contributed by atoms with Gasteiger partial charge in [0.1, 0.15) is 5.82 Å². The van der Waals surface area contributed by atoms with E-state index in [2.05, 4.69) is 21.2 Å². The number of anilines is 1. The Balaban J connectivity index is 1.94. The van der Waals surface area contributed by atoms with Crippen LogP contribution in [0.15, 0.2) is 22.7 Å². The van der Waals surface area contributed by atoms with Gasteiger partial charge in [0.2, 0.25) is 0 Å². The fraction of sp³-hybridized carbons (Fsp3) is 0.538. The highest BCUT2D eigenvalue weighted by Crippen LogP contribution is 2.28. The first-order chi connectivity index (χ1) is 8.09. The number of rotatable bonds is 3. The van der Waals surface area contributed by atoms with Crippen molar-refractivity contribution < 1.29 is 9.50 Å². The summed E-state index contributed by atoms with van der Waals surface area (Å²) in [5.41, 5.74) is 0.233. The number of nitrogens with one attached hydrogen (secondary N) is 1. The predicted octanol–water partition coefficient (Wildman–Crippen LogP) is 3.70. The molecule has 1 aliphatic carbocycles. The van der Waals surface area contributed by atoms with Gasteiger partial charge in [-0.15, -0.1) is 0 Å². The summed E-state index contributed by atoms with van der Waals surface area (Å²) in [7, 11) is 0. The van der Waals surface area contributed by atoms with Crippen LogP contribution in [0.4, 0.5) is 10.1 Å². The Labute approximate surface area is 109 Å². The summed E-state index contributed by atoms with van der Waals surface area (Å²) in [6, 6.07) is 4.80. The molecular weight excluding hydrogens is 285 g/mol. The van der Waals surface area contributed by atoms with Crippen molar-refractivity contribution >= 4 is 21.6 Å². The minimum absolute atomic E-state index is 0.271. The van der Waals surface area contributed by atoms with Crippen LogP contribution in [-0.2, 0) is 0 Å². The van der Waals surface area contributed by atoms with Gasteiger partial charge in [-0.2, -0.15) is 0 Å². The van der Waals surface area contributed by atoms with E-state index in [1.807, 2.05) is 0 Å². The highest BCUT2D eigenvalue weighted by molar-refractivity contribution is 9.10. The predicted molar refractivity (Wildman–Crippen MR) is 70.6 cm³/mol. The van der Waals surface area contributed by atoms with Crippen molar-refractivity contribution in [3.8, 4) is 0 Å². The van der Waals surface area contributed by atoms with Crippen LogP contribution in [0, 0.1) is 5.82 Å². The average Bonchev–Trinajstić information content (AvgIpc) is 2.32. The van der Waals surface area contributed by atoms with E-state index < -0.39 is 5.60 Å². The summed E-state index contributed by atoms with van der Waals surface area (Å²) in [6.45, 7) is 0.533. The molecule has 4 heteroatoms. The number of aliphatic hydroxyl groups is 1. The molecule has 1 fully saturated rings. The Morgan fingerprint density at radius 2 is 2.00 bits per heavy atom. The molecule has 0 radical (unpaired) electrons. The summed E-state index contributed by atoms with van der Waals surface area (Å²) in [5, 5.41) is 13.5. The van der Waals surface area contributed by atoms with E-state index in [9.17, 15) is 9.50 Å². The molecule has 0 aliphatic heterocycles. The maximum absolute atomic E-state index is 13.0. The van der Waals surface area contributed by atoms with E-state index >= 15 is 0 Å². The van der Waals surface area contributed by atoms with Gasteiger partial charge in [0.25, 0.3) is 0 Å². The Kier molecular flexibility index (Phi) is 4.05. The maximum atomic E-state index is 13.0. The Hall–Kier alpha value is -0.610. The zero-order valence-corrected chi connectivity index (χ0v) is 11.3. The third-order valence-electron chi connectivity index (χ3n) is 3.33. The topological polar surface area (TPSA) is 32.3 Å². The third kappa shape index (κ3) is 3.42. The van der Waals surface area contributed by atoms with Crippen molar-refractivity contribution in [1.29, 1.82) is 0 Å². The number of hydrogen-bond donors (Lipinski definition) is 2. The van der Waals surface area contributed by atoms with E-state index in [4.69, 9.17) is 0 Å². The van der Waals surface area contributed by atoms with Crippen molar-refractivity contribution in [2.75, 3.05) is 11.9 Å². The summed E-state index contributed by atoms with van der Waals surface area (Å²) in [6.07, 6.45) is 5.09. The van der Waals surface area contributed by atoms with Crippen LogP contribution in [0.2, 0.25) is 0 Å². The quantitative estimate of drug-likeness (QED) is 0.892. The molecule has 0 atom stereocenters. The molecule has 1 aromatic carbocycles. The molecule has 0 heterocycles. The Morgan fingerprint density at radius 1 is 1.29 bits per heavy atom. The van der Waals surface area contributed by atoms with Crippen molar-refractivity contribution in [3.63, 3.8) is 0 Å².